The molecule has 1 aliphatic heterocycles. The number of amides is 1. The number of nitrogens with zero attached hydrogens (tertiary/aromatic N) is 5. The summed E-state index contributed by atoms with van der Waals surface area (Å²) in [6.07, 6.45) is 3.21. The van der Waals surface area contributed by atoms with Crippen molar-refractivity contribution >= 4 is 27.5 Å². The Labute approximate surface area is 183 Å². The number of carbonyl (C=O) groups excluding carboxylic acids is 1. The molecule has 1 amide bonds. The minimum Gasteiger partial charge on any atom is -0.463 e. The molecular formula is C22H23N5O3S. The normalized spacial score (nSPS) is 20.1. The van der Waals surface area contributed by atoms with Crippen LogP contribution in [0.5, 0.6) is 0 Å². The van der Waals surface area contributed by atoms with Crippen LogP contribution in [0, 0.1) is 5.92 Å². The zero-order valence-corrected chi connectivity index (χ0v) is 18.1. The van der Waals surface area contributed by atoms with Crippen molar-refractivity contribution in [1.82, 2.24) is 24.9 Å². The van der Waals surface area contributed by atoms with Crippen molar-refractivity contribution in [1.29, 1.82) is 0 Å². The fraction of sp³-hybridized carbons (Fsp3) is 0.364. The largest absolute Gasteiger partial charge is 0.463 e. The summed E-state index contributed by atoms with van der Waals surface area (Å²) in [5.74, 6) is 0.490. The lowest BCUT2D eigenvalue weighted by molar-refractivity contribution is -0.137. The summed E-state index contributed by atoms with van der Waals surface area (Å²) < 4.78 is 8.08. The summed E-state index contributed by atoms with van der Waals surface area (Å²) in [7, 11) is 0. The molecule has 160 valence electrons. The number of carbonyl (C=O) groups is 1. The SMILES string of the molecule is CC(C)C(C(=O)N1C[C@H](O)C[C@H]1c1nc2ccccc2s1)n1cc(-c2ccco2)nn1. The predicted molar refractivity (Wildman–Crippen MR) is 116 cm³/mol. The molecule has 8 nitrogen and oxygen atoms in total. The number of furan rings is 1. The summed E-state index contributed by atoms with van der Waals surface area (Å²) in [6.45, 7) is 4.24. The first-order valence-electron chi connectivity index (χ1n) is 10.3. The van der Waals surface area contributed by atoms with Crippen molar-refractivity contribution < 1.29 is 14.3 Å². The number of aliphatic hydroxyl groups excluding tert-OH is 1. The fourth-order valence-electron chi connectivity index (χ4n) is 4.15. The third-order valence-electron chi connectivity index (χ3n) is 5.61. The molecule has 3 aromatic heterocycles. The average Bonchev–Trinajstić information content (AvgIpc) is 3.52. The van der Waals surface area contributed by atoms with Crippen molar-refractivity contribution in [2.45, 2.75) is 38.5 Å². The van der Waals surface area contributed by atoms with Crippen LogP contribution < -0.4 is 0 Å². The van der Waals surface area contributed by atoms with Gasteiger partial charge in [-0.05, 0) is 30.2 Å². The summed E-state index contributed by atoms with van der Waals surface area (Å²) in [4.78, 5) is 20.2. The van der Waals surface area contributed by atoms with Gasteiger partial charge in [0.1, 0.15) is 16.7 Å². The van der Waals surface area contributed by atoms with Crippen LogP contribution >= 0.6 is 11.3 Å². The second-order valence-electron chi connectivity index (χ2n) is 8.17. The van der Waals surface area contributed by atoms with E-state index in [1.54, 1.807) is 45.5 Å². The van der Waals surface area contributed by atoms with Gasteiger partial charge >= 0.3 is 0 Å². The molecule has 0 spiro atoms. The van der Waals surface area contributed by atoms with Gasteiger partial charge in [0, 0.05) is 13.0 Å². The van der Waals surface area contributed by atoms with Crippen LogP contribution in [0.2, 0.25) is 0 Å². The maximum Gasteiger partial charge on any atom is 0.248 e. The van der Waals surface area contributed by atoms with Crippen LogP contribution in [-0.2, 0) is 4.79 Å². The number of para-hydroxylation sites is 1. The first-order valence-corrected chi connectivity index (χ1v) is 11.1. The minimum absolute atomic E-state index is 0.0209. The van der Waals surface area contributed by atoms with Gasteiger partial charge in [0.15, 0.2) is 5.76 Å². The number of thiazole rings is 1. The highest BCUT2D eigenvalue weighted by Gasteiger charge is 2.41. The molecule has 1 fully saturated rings. The van der Waals surface area contributed by atoms with E-state index in [-0.39, 0.29) is 24.4 Å². The van der Waals surface area contributed by atoms with Crippen molar-refractivity contribution in [3.8, 4) is 11.5 Å². The van der Waals surface area contributed by atoms with Crippen LogP contribution in [0.1, 0.15) is 37.4 Å². The van der Waals surface area contributed by atoms with Crippen molar-refractivity contribution in [2.75, 3.05) is 6.54 Å². The number of likely N-dealkylation sites (tertiary alicyclic amines) is 1. The lowest BCUT2D eigenvalue weighted by Gasteiger charge is -2.29. The maximum absolute atomic E-state index is 13.7. The third kappa shape index (κ3) is 3.64. The topological polar surface area (TPSA) is 97.3 Å². The summed E-state index contributed by atoms with van der Waals surface area (Å²) in [6, 6.07) is 10.7. The van der Waals surface area contributed by atoms with Crippen molar-refractivity contribution in [3.63, 3.8) is 0 Å². The van der Waals surface area contributed by atoms with E-state index >= 15 is 0 Å². The molecule has 1 saturated heterocycles. The summed E-state index contributed by atoms with van der Waals surface area (Å²) in [5.41, 5.74) is 1.49. The van der Waals surface area contributed by atoms with E-state index in [1.165, 1.54) is 0 Å². The van der Waals surface area contributed by atoms with E-state index in [1.807, 2.05) is 38.1 Å². The van der Waals surface area contributed by atoms with Gasteiger partial charge in [0.25, 0.3) is 0 Å². The molecule has 31 heavy (non-hydrogen) atoms. The van der Waals surface area contributed by atoms with Crippen LogP contribution in [0.4, 0.5) is 0 Å². The number of aliphatic hydroxyl groups is 1. The molecule has 0 bridgehead atoms. The molecule has 0 saturated carbocycles. The monoisotopic (exact) mass is 437 g/mol. The lowest BCUT2D eigenvalue weighted by atomic mass is 10.0. The Morgan fingerprint density at radius 3 is 2.84 bits per heavy atom. The highest BCUT2D eigenvalue weighted by atomic mass is 32.1. The fourth-order valence-corrected chi connectivity index (χ4v) is 5.24. The maximum atomic E-state index is 13.7. The van der Waals surface area contributed by atoms with Crippen LogP contribution in [0.25, 0.3) is 21.7 Å². The van der Waals surface area contributed by atoms with Gasteiger partial charge in [-0.25, -0.2) is 9.67 Å². The van der Waals surface area contributed by atoms with Gasteiger partial charge in [-0.3, -0.25) is 4.79 Å². The summed E-state index contributed by atoms with van der Waals surface area (Å²) >= 11 is 1.57. The number of rotatable bonds is 5. The Morgan fingerprint density at radius 1 is 1.26 bits per heavy atom. The van der Waals surface area contributed by atoms with Gasteiger partial charge in [-0.1, -0.05) is 31.2 Å². The van der Waals surface area contributed by atoms with Gasteiger partial charge in [0.2, 0.25) is 5.91 Å². The molecule has 9 heteroatoms. The van der Waals surface area contributed by atoms with Gasteiger partial charge in [-0.15, -0.1) is 16.4 Å². The van der Waals surface area contributed by atoms with Gasteiger partial charge in [-0.2, -0.15) is 0 Å². The number of β-amino-alcohol motifs (C(OH)–C–C–N with tert-alkyl or cyclic N) is 1. The average molecular weight is 438 g/mol. The Bertz CT molecular complexity index is 1170. The van der Waals surface area contributed by atoms with Crippen molar-refractivity contribution in [3.05, 3.63) is 53.9 Å². The first kappa shape index (κ1) is 19.9. The Balaban J connectivity index is 1.46. The second kappa shape index (κ2) is 7.90. The molecule has 1 aliphatic rings. The Hall–Kier alpha value is -3.04. The first-order chi connectivity index (χ1) is 15.0. The van der Waals surface area contributed by atoms with Crippen molar-refractivity contribution in [2.24, 2.45) is 5.92 Å². The van der Waals surface area contributed by atoms with Crippen LogP contribution in [0.15, 0.2) is 53.3 Å². The molecule has 1 N–H and O–H groups in total. The predicted octanol–water partition coefficient (Wildman–Crippen LogP) is 3.68. The van der Waals surface area contributed by atoms with E-state index < -0.39 is 12.1 Å². The van der Waals surface area contributed by atoms with E-state index in [2.05, 4.69) is 10.3 Å². The van der Waals surface area contributed by atoms with E-state index in [0.717, 1.165) is 15.2 Å². The highest BCUT2D eigenvalue weighted by molar-refractivity contribution is 7.18. The number of aromatic nitrogens is 4. The van der Waals surface area contributed by atoms with E-state index in [0.29, 0.717) is 17.9 Å². The van der Waals surface area contributed by atoms with Crippen LogP contribution in [-0.4, -0.2) is 48.5 Å². The van der Waals surface area contributed by atoms with E-state index in [4.69, 9.17) is 9.40 Å². The minimum atomic E-state index is -0.580. The van der Waals surface area contributed by atoms with Gasteiger partial charge < -0.3 is 14.4 Å². The molecular weight excluding hydrogens is 414 g/mol. The molecule has 1 aromatic carbocycles. The molecule has 0 radical (unpaired) electrons. The lowest BCUT2D eigenvalue weighted by Crippen LogP contribution is -2.40. The summed E-state index contributed by atoms with van der Waals surface area (Å²) in [5, 5.41) is 19.7. The molecule has 4 heterocycles. The number of hydrogen-bond donors (Lipinski definition) is 1. The number of hydrogen-bond acceptors (Lipinski definition) is 7. The van der Waals surface area contributed by atoms with Crippen LogP contribution in [0.3, 0.4) is 0 Å². The molecule has 4 aromatic rings. The number of fused-ring (bicyclic) bond motifs is 1. The molecule has 1 unspecified atom stereocenters. The Kier molecular flexibility index (Phi) is 5.07. The number of benzene rings is 1. The zero-order chi connectivity index (χ0) is 21.5. The second-order valence-corrected chi connectivity index (χ2v) is 9.23. The standard InChI is InChI=1S/C22H23N5O3S/c1-13(2)20(27-12-16(24-25-27)18-7-5-9-30-18)22(29)26-11-14(28)10-17(26)21-23-15-6-3-4-8-19(15)31-21/h3-9,12-14,17,20,28H,10-11H2,1-2H3/t14-,17+,20?/m1/s1. The highest BCUT2D eigenvalue weighted by Crippen LogP contribution is 2.38. The smallest absolute Gasteiger partial charge is 0.248 e. The molecule has 5 rings (SSSR count). The quantitative estimate of drug-likeness (QED) is 0.512. The van der Waals surface area contributed by atoms with E-state index in [9.17, 15) is 9.90 Å². The Morgan fingerprint density at radius 2 is 2.10 bits per heavy atom. The third-order valence-corrected chi connectivity index (χ3v) is 6.75. The molecule has 3 atom stereocenters. The van der Waals surface area contributed by atoms with Gasteiger partial charge in [0.05, 0.1) is 34.8 Å². The molecule has 0 aliphatic carbocycles. The zero-order valence-electron chi connectivity index (χ0n) is 17.3.